The standard InChI is InChI=1S/C18H25N7O2/c1-17(2)11(15(26)19-4)5-6-18(17,3)16(27)22-10-13-23-14(25-24-13)12-9-20-7-8-21-12/h7-9,11H,5-6,10H2,1-4H3,(H,19,26)(H,22,27)(H,23,24,25)/t11-,18+/m0/s1. The maximum Gasteiger partial charge on any atom is 0.226 e. The molecule has 3 N–H and O–H groups in total. The summed E-state index contributed by atoms with van der Waals surface area (Å²) in [6, 6.07) is 0. The number of amides is 2. The second kappa shape index (κ2) is 7.05. The Labute approximate surface area is 157 Å². The van der Waals surface area contributed by atoms with Gasteiger partial charge >= 0.3 is 0 Å². The van der Waals surface area contributed by atoms with Crippen molar-refractivity contribution in [2.75, 3.05) is 7.05 Å². The van der Waals surface area contributed by atoms with Gasteiger partial charge in [-0.2, -0.15) is 5.10 Å². The molecule has 2 aromatic heterocycles. The quantitative estimate of drug-likeness (QED) is 0.722. The summed E-state index contributed by atoms with van der Waals surface area (Å²) in [5.74, 6) is 0.675. The average molecular weight is 371 g/mol. The fourth-order valence-electron chi connectivity index (χ4n) is 3.80. The Hall–Kier alpha value is -2.84. The van der Waals surface area contributed by atoms with Gasteiger partial charge in [0.05, 0.1) is 18.2 Å². The van der Waals surface area contributed by atoms with Crippen molar-refractivity contribution in [1.82, 2.24) is 35.8 Å². The number of carbonyl (C=O) groups excluding carboxylic acids is 2. The van der Waals surface area contributed by atoms with E-state index in [1.54, 1.807) is 25.6 Å². The van der Waals surface area contributed by atoms with Gasteiger partial charge in [0.15, 0.2) is 0 Å². The largest absolute Gasteiger partial charge is 0.359 e. The number of aromatic nitrogens is 5. The lowest BCUT2D eigenvalue weighted by Crippen LogP contribution is -2.49. The molecule has 0 aromatic carbocycles. The Morgan fingerprint density at radius 3 is 2.74 bits per heavy atom. The first-order valence-electron chi connectivity index (χ1n) is 8.97. The Bertz CT molecular complexity index is 833. The Morgan fingerprint density at radius 2 is 2.07 bits per heavy atom. The number of rotatable bonds is 5. The van der Waals surface area contributed by atoms with Gasteiger partial charge in [-0.15, -0.1) is 0 Å². The zero-order valence-corrected chi connectivity index (χ0v) is 16.0. The van der Waals surface area contributed by atoms with Crippen LogP contribution in [0.25, 0.3) is 11.5 Å². The highest BCUT2D eigenvalue weighted by molar-refractivity contribution is 5.87. The van der Waals surface area contributed by atoms with Crippen molar-refractivity contribution in [3.05, 3.63) is 24.4 Å². The summed E-state index contributed by atoms with van der Waals surface area (Å²) in [5.41, 5.74) is -0.537. The minimum atomic E-state index is -0.641. The van der Waals surface area contributed by atoms with Crippen LogP contribution in [0.1, 0.15) is 39.4 Å². The molecule has 1 saturated carbocycles. The third-order valence-corrected chi connectivity index (χ3v) is 6.03. The fraction of sp³-hybridized carbons (Fsp3) is 0.556. The molecule has 0 saturated heterocycles. The number of carbonyl (C=O) groups is 2. The molecule has 2 amide bonds. The molecule has 0 aliphatic heterocycles. The number of H-pyrrole nitrogens is 1. The van der Waals surface area contributed by atoms with Gasteiger partial charge in [0, 0.05) is 25.4 Å². The summed E-state index contributed by atoms with van der Waals surface area (Å²) < 4.78 is 0. The van der Waals surface area contributed by atoms with Crippen LogP contribution in [-0.2, 0) is 16.1 Å². The summed E-state index contributed by atoms with van der Waals surface area (Å²) in [6.07, 6.45) is 6.07. The van der Waals surface area contributed by atoms with Crippen LogP contribution in [-0.4, -0.2) is 44.0 Å². The van der Waals surface area contributed by atoms with E-state index in [2.05, 4.69) is 35.8 Å². The minimum absolute atomic E-state index is 0.0135. The third kappa shape index (κ3) is 3.29. The van der Waals surface area contributed by atoms with Crippen LogP contribution in [0.5, 0.6) is 0 Å². The van der Waals surface area contributed by atoms with E-state index in [0.717, 1.165) is 0 Å². The molecule has 1 aliphatic carbocycles. The Morgan fingerprint density at radius 1 is 1.30 bits per heavy atom. The van der Waals surface area contributed by atoms with Crippen LogP contribution in [0.2, 0.25) is 0 Å². The highest BCUT2D eigenvalue weighted by atomic mass is 16.2. The van der Waals surface area contributed by atoms with E-state index in [9.17, 15) is 9.59 Å². The first kappa shape index (κ1) is 18.9. The van der Waals surface area contributed by atoms with Crippen LogP contribution >= 0.6 is 0 Å². The molecule has 2 aromatic rings. The lowest BCUT2D eigenvalue weighted by atomic mass is 9.65. The van der Waals surface area contributed by atoms with Crippen molar-refractivity contribution in [3.63, 3.8) is 0 Å². The van der Waals surface area contributed by atoms with Gasteiger partial charge in [0.25, 0.3) is 0 Å². The van der Waals surface area contributed by atoms with Crippen molar-refractivity contribution in [2.24, 2.45) is 16.7 Å². The third-order valence-electron chi connectivity index (χ3n) is 6.03. The van der Waals surface area contributed by atoms with E-state index in [1.165, 1.54) is 0 Å². The second-order valence-corrected chi connectivity index (χ2v) is 7.64. The van der Waals surface area contributed by atoms with Gasteiger partial charge in [-0.05, 0) is 18.3 Å². The second-order valence-electron chi connectivity index (χ2n) is 7.64. The van der Waals surface area contributed by atoms with Gasteiger partial charge in [0.2, 0.25) is 17.6 Å². The Kier molecular flexibility index (Phi) is 4.95. The summed E-state index contributed by atoms with van der Waals surface area (Å²) in [5, 5.41) is 12.6. The average Bonchev–Trinajstić information content (AvgIpc) is 3.23. The molecule has 144 valence electrons. The number of nitrogens with one attached hydrogen (secondary N) is 3. The number of aromatic amines is 1. The fourth-order valence-corrected chi connectivity index (χ4v) is 3.80. The minimum Gasteiger partial charge on any atom is -0.359 e. The van der Waals surface area contributed by atoms with E-state index in [1.807, 2.05) is 20.8 Å². The molecule has 2 heterocycles. The summed E-state index contributed by atoms with van der Waals surface area (Å²) in [6.45, 7) is 6.12. The molecule has 2 atom stereocenters. The summed E-state index contributed by atoms with van der Waals surface area (Å²) >= 11 is 0. The van der Waals surface area contributed by atoms with Gasteiger partial charge < -0.3 is 10.6 Å². The predicted molar refractivity (Wildman–Crippen MR) is 97.9 cm³/mol. The van der Waals surface area contributed by atoms with Gasteiger partial charge in [-0.25, -0.2) is 9.97 Å². The molecule has 1 aliphatic rings. The first-order valence-corrected chi connectivity index (χ1v) is 8.97. The lowest BCUT2D eigenvalue weighted by Gasteiger charge is -2.39. The van der Waals surface area contributed by atoms with Crippen molar-refractivity contribution in [3.8, 4) is 11.5 Å². The lowest BCUT2D eigenvalue weighted by molar-refractivity contribution is -0.139. The zero-order chi connectivity index (χ0) is 19.7. The van der Waals surface area contributed by atoms with E-state index in [4.69, 9.17) is 0 Å². The summed E-state index contributed by atoms with van der Waals surface area (Å²) in [4.78, 5) is 37.6. The smallest absolute Gasteiger partial charge is 0.226 e. The maximum atomic E-state index is 13.0. The van der Waals surface area contributed by atoms with E-state index >= 15 is 0 Å². The first-order chi connectivity index (χ1) is 12.8. The zero-order valence-electron chi connectivity index (χ0n) is 16.0. The monoisotopic (exact) mass is 371 g/mol. The molecule has 0 unspecified atom stereocenters. The highest BCUT2D eigenvalue weighted by Crippen LogP contribution is 2.56. The van der Waals surface area contributed by atoms with Crippen LogP contribution in [0.15, 0.2) is 18.6 Å². The van der Waals surface area contributed by atoms with E-state index in [0.29, 0.717) is 30.2 Å². The molecular weight excluding hydrogens is 346 g/mol. The van der Waals surface area contributed by atoms with Crippen molar-refractivity contribution >= 4 is 11.8 Å². The SMILES string of the molecule is CNC(=O)[C@@H]1CC[C@](C)(C(=O)NCc2nc(-c3cnccn3)n[nH]2)C1(C)C. The molecule has 1 fully saturated rings. The normalized spacial score (nSPS) is 23.8. The molecule has 0 spiro atoms. The van der Waals surface area contributed by atoms with E-state index in [-0.39, 0.29) is 24.3 Å². The van der Waals surface area contributed by atoms with Gasteiger partial charge in [0.1, 0.15) is 11.5 Å². The molecule has 9 heteroatoms. The van der Waals surface area contributed by atoms with Gasteiger partial charge in [-0.3, -0.25) is 19.7 Å². The van der Waals surface area contributed by atoms with E-state index < -0.39 is 10.8 Å². The topological polar surface area (TPSA) is 126 Å². The maximum absolute atomic E-state index is 13.0. The molecule has 0 bridgehead atoms. The summed E-state index contributed by atoms with van der Waals surface area (Å²) in [7, 11) is 1.63. The van der Waals surface area contributed by atoms with Crippen LogP contribution in [0.3, 0.4) is 0 Å². The Balaban J connectivity index is 1.67. The molecule has 27 heavy (non-hydrogen) atoms. The molecular formula is C18H25N7O2. The van der Waals surface area contributed by atoms with Crippen LogP contribution < -0.4 is 10.6 Å². The molecule has 9 nitrogen and oxygen atoms in total. The van der Waals surface area contributed by atoms with Crippen LogP contribution in [0.4, 0.5) is 0 Å². The number of hydrogen-bond donors (Lipinski definition) is 3. The number of hydrogen-bond acceptors (Lipinski definition) is 6. The number of nitrogens with zero attached hydrogens (tertiary/aromatic N) is 4. The molecule has 3 rings (SSSR count). The van der Waals surface area contributed by atoms with Crippen molar-refractivity contribution in [2.45, 2.75) is 40.2 Å². The van der Waals surface area contributed by atoms with Crippen molar-refractivity contribution in [1.29, 1.82) is 0 Å². The highest BCUT2D eigenvalue weighted by Gasteiger charge is 2.57. The predicted octanol–water partition coefficient (Wildman–Crippen LogP) is 1.07. The van der Waals surface area contributed by atoms with Crippen LogP contribution in [0, 0.1) is 16.7 Å². The van der Waals surface area contributed by atoms with Gasteiger partial charge in [-0.1, -0.05) is 20.8 Å². The molecule has 0 radical (unpaired) electrons. The van der Waals surface area contributed by atoms with Crippen molar-refractivity contribution < 1.29 is 9.59 Å².